The van der Waals surface area contributed by atoms with Gasteiger partial charge in [0.05, 0.1) is 5.69 Å². The number of rotatable bonds is 3. The number of hydrogen-bond donors (Lipinski definition) is 2. The average Bonchev–Trinajstić information content (AvgIpc) is 2.66. The molecule has 2 rings (SSSR count). The van der Waals surface area contributed by atoms with E-state index in [0.717, 1.165) is 15.9 Å². The second kappa shape index (κ2) is 3.85. The Morgan fingerprint density at radius 2 is 2.31 bits per heavy atom. The van der Waals surface area contributed by atoms with Crippen LogP contribution in [0.15, 0.2) is 4.79 Å². The number of hydrogen-bond acceptors (Lipinski definition) is 6. The molecule has 2 N–H and O–H groups in total. The van der Waals surface area contributed by atoms with Gasteiger partial charge in [-0.2, -0.15) is 8.91 Å². The van der Waals surface area contributed by atoms with Crippen LogP contribution in [0.5, 0.6) is 0 Å². The standard InChI is InChI=1S/C7H6FN5O2S/c1-3-4(8)5(15)13-7(10-3)16-6(12-13)11-9-2-14/h2H,1H3,(H,9,14)(H,11,12). The first-order valence-electron chi connectivity index (χ1n) is 4.14. The van der Waals surface area contributed by atoms with Crippen LogP contribution in [0.4, 0.5) is 9.52 Å². The Morgan fingerprint density at radius 1 is 1.56 bits per heavy atom. The highest BCUT2D eigenvalue weighted by Crippen LogP contribution is 2.15. The molecule has 0 radical (unpaired) electrons. The van der Waals surface area contributed by atoms with E-state index < -0.39 is 11.4 Å². The van der Waals surface area contributed by atoms with Gasteiger partial charge in [-0.3, -0.25) is 20.4 Å². The van der Waals surface area contributed by atoms with Crippen LogP contribution in [0.3, 0.4) is 0 Å². The molecule has 0 aliphatic rings. The van der Waals surface area contributed by atoms with Gasteiger partial charge in [-0.15, -0.1) is 5.10 Å². The van der Waals surface area contributed by atoms with Gasteiger partial charge < -0.3 is 0 Å². The number of aromatic nitrogens is 3. The lowest BCUT2D eigenvalue weighted by molar-refractivity contribution is -0.109. The monoisotopic (exact) mass is 243 g/mol. The zero-order valence-electron chi connectivity index (χ0n) is 8.02. The predicted octanol–water partition coefficient (Wildman–Crippen LogP) is -0.329. The van der Waals surface area contributed by atoms with E-state index in [9.17, 15) is 14.0 Å². The molecule has 0 unspecified atom stereocenters. The molecule has 16 heavy (non-hydrogen) atoms. The van der Waals surface area contributed by atoms with E-state index in [1.807, 2.05) is 0 Å². The number of nitrogens with one attached hydrogen (secondary N) is 2. The van der Waals surface area contributed by atoms with Crippen LogP contribution < -0.4 is 16.4 Å². The maximum atomic E-state index is 13.2. The zero-order chi connectivity index (χ0) is 11.7. The second-order valence-corrected chi connectivity index (χ2v) is 3.76. The Labute approximate surface area is 91.9 Å². The fraction of sp³-hybridized carbons (Fsp3) is 0.143. The van der Waals surface area contributed by atoms with Gasteiger partial charge in [-0.05, 0) is 6.92 Å². The Kier molecular flexibility index (Phi) is 2.52. The van der Waals surface area contributed by atoms with Crippen molar-refractivity contribution in [2.24, 2.45) is 0 Å². The molecule has 9 heteroatoms. The minimum absolute atomic E-state index is 0.0172. The van der Waals surface area contributed by atoms with Gasteiger partial charge in [0.15, 0.2) is 0 Å². The lowest BCUT2D eigenvalue weighted by Crippen LogP contribution is -2.22. The smallest absolute Gasteiger partial charge is 0.277 e. The van der Waals surface area contributed by atoms with E-state index >= 15 is 0 Å². The maximum Gasteiger partial charge on any atom is 0.311 e. The SMILES string of the molecule is Cc1nc2sc(NNC=O)nn2c(=O)c1F. The van der Waals surface area contributed by atoms with Crippen molar-refractivity contribution in [3.8, 4) is 0 Å². The number of hydrazine groups is 1. The molecule has 84 valence electrons. The summed E-state index contributed by atoms with van der Waals surface area (Å²) in [7, 11) is 0. The van der Waals surface area contributed by atoms with Gasteiger partial charge >= 0.3 is 5.56 Å². The van der Waals surface area contributed by atoms with Crippen LogP contribution in [0.1, 0.15) is 5.69 Å². The molecule has 0 bridgehead atoms. The van der Waals surface area contributed by atoms with Crippen LogP contribution >= 0.6 is 11.3 Å². The number of aryl methyl sites for hydroxylation is 1. The Morgan fingerprint density at radius 3 is 3.00 bits per heavy atom. The van der Waals surface area contributed by atoms with Crippen LogP contribution in [-0.2, 0) is 4.79 Å². The molecule has 2 aromatic heterocycles. The molecule has 0 atom stereocenters. The van der Waals surface area contributed by atoms with E-state index in [4.69, 9.17) is 0 Å². The number of nitrogens with zero attached hydrogens (tertiary/aromatic N) is 3. The molecule has 0 saturated heterocycles. The predicted molar refractivity (Wildman–Crippen MR) is 54.7 cm³/mol. The number of carbonyl (C=O) groups excluding carboxylic acids is 1. The summed E-state index contributed by atoms with van der Waals surface area (Å²) >= 11 is 1.02. The van der Waals surface area contributed by atoms with Crippen LogP contribution in [-0.4, -0.2) is 21.0 Å². The molecule has 0 saturated carbocycles. The fourth-order valence-electron chi connectivity index (χ4n) is 1.07. The molecule has 7 nitrogen and oxygen atoms in total. The molecule has 0 aromatic carbocycles. The van der Waals surface area contributed by atoms with Crippen LogP contribution in [0.2, 0.25) is 0 Å². The van der Waals surface area contributed by atoms with E-state index in [0.29, 0.717) is 6.41 Å². The maximum absolute atomic E-state index is 13.2. The van der Waals surface area contributed by atoms with Gasteiger partial charge in [0.1, 0.15) is 0 Å². The largest absolute Gasteiger partial charge is 0.311 e. The highest BCUT2D eigenvalue weighted by atomic mass is 32.1. The summed E-state index contributed by atoms with van der Waals surface area (Å²) in [4.78, 5) is 25.5. The number of amides is 1. The molecule has 2 aromatic rings. The Hall–Kier alpha value is -2.03. The van der Waals surface area contributed by atoms with E-state index in [1.165, 1.54) is 6.92 Å². The van der Waals surface area contributed by atoms with E-state index in [-0.39, 0.29) is 15.8 Å². The van der Waals surface area contributed by atoms with Crippen molar-refractivity contribution in [1.82, 2.24) is 20.0 Å². The summed E-state index contributed by atoms with van der Waals surface area (Å²) in [6, 6.07) is 0. The topological polar surface area (TPSA) is 88.4 Å². The normalized spacial score (nSPS) is 10.4. The lowest BCUT2D eigenvalue weighted by atomic mass is 10.4. The number of halogens is 1. The highest BCUT2D eigenvalue weighted by molar-refractivity contribution is 7.20. The lowest BCUT2D eigenvalue weighted by Gasteiger charge is -1.94. The number of carbonyl (C=O) groups is 1. The van der Waals surface area contributed by atoms with Gasteiger partial charge in [-0.25, -0.2) is 4.98 Å². The molecular formula is C7H6FN5O2S. The molecule has 0 fully saturated rings. The highest BCUT2D eigenvalue weighted by Gasteiger charge is 2.12. The third-order valence-corrected chi connectivity index (χ3v) is 2.58. The van der Waals surface area contributed by atoms with Gasteiger partial charge in [0.25, 0.3) is 0 Å². The van der Waals surface area contributed by atoms with Crippen molar-refractivity contribution in [2.45, 2.75) is 6.92 Å². The first kappa shape index (κ1) is 10.5. The second-order valence-electron chi connectivity index (χ2n) is 2.81. The number of fused-ring (bicyclic) bond motifs is 1. The quantitative estimate of drug-likeness (QED) is 0.569. The van der Waals surface area contributed by atoms with Crippen molar-refractivity contribution in [2.75, 3.05) is 5.43 Å². The van der Waals surface area contributed by atoms with Gasteiger partial charge in [0.2, 0.25) is 22.3 Å². The summed E-state index contributed by atoms with van der Waals surface area (Å²) in [5.41, 5.74) is 3.73. The minimum Gasteiger partial charge on any atom is -0.277 e. The van der Waals surface area contributed by atoms with Gasteiger partial charge in [0, 0.05) is 0 Å². The Bertz CT molecular complexity index is 607. The third kappa shape index (κ3) is 1.60. The number of anilines is 1. The molecule has 0 aliphatic carbocycles. The summed E-state index contributed by atoms with van der Waals surface area (Å²) in [6.07, 6.45) is 0.411. The molecular weight excluding hydrogens is 237 g/mol. The van der Waals surface area contributed by atoms with E-state index in [2.05, 4.69) is 20.9 Å². The molecule has 0 aliphatic heterocycles. The fourth-order valence-corrected chi connectivity index (χ4v) is 1.87. The van der Waals surface area contributed by atoms with Crippen molar-refractivity contribution in [3.63, 3.8) is 0 Å². The summed E-state index contributed by atoms with van der Waals surface area (Å²) < 4.78 is 14.0. The van der Waals surface area contributed by atoms with Crippen molar-refractivity contribution >= 4 is 27.8 Å². The molecule has 2 heterocycles. The molecule has 0 spiro atoms. The average molecular weight is 243 g/mol. The van der Waals surface area contributed by atoms with Crippen LogP contribution in [0.25, 0.3) is 4.96 Å². The zero-order valence-corrected chi connectivity index (χ0v) is 8.84. The van der Waals surface area contributed by atoms with Crippen molar-refractivity contribution < 1.29 is 9.18 Å². The van der Waals surface area contributed by atoms with E-state index in [1.54, 1.807) is 0 Å². The third-order valence-electron chi connectivity index (χ3n) is 1.76. The summed E-state index contributed by atoms with van der Waals surface area (Å²) in [5.74, 6) is -0.933. The van der Waals surface area contributed by atoms with Crippen molar-refractivity contribution in [1.29, 1.82) is 0 Å². The summed E-state index contributed by atoms with van der Waals surface area (Å²) in [5, 5.41) is 3.98. The Balaban J connectivity index is 2.57. The minimum atomic E-state index is -0.933. The van der Waals surface area contributed by atoms with Crippen molar-refractivity contribution in [3.05, 3.63) is 21.9 Å². The first-order valence-corrected chi connectivity index (χ1v) is 4.96. The first-order chi connectivity index (χ1) is 7.63. The van der Waals surface area contributed by atoms with Crippen LogP contribution in [0, 0.1) is 12.7 Å². The summed E-state index contributed by atoms with van der Waals surface area (Å²) in [6.45, 7) is 1.40. The van der Waals surface area contributed by atoms with Gasteiger partial charge in [-0.1, -0.05) is 11.3 Å². The molecule has 1 amide bonds.